The van der Waals surface area contributed by atoms with Gasteiger partial charge in [-0.2, -0.15) is 0 Å². The zero-order chi connectivity index (χ0) is 16.0. The first-order valence-corrected chi connectivity index (χ1v) is 7.35. The third kappa shape index (κ3) is 32.7. The van der Waals surface area contributed by atoms with E-state index in [1.807, 2.05) is 55.4 Å². The van der Waals surface area contributed by atoms with Gasteiger partial charge in [-0.3, -0.25) is 20.0 Å². The molecule has 0 N–H and O–H groups in total. The van der Waals surface area contributed by atoms with Crippen molar-refractivity contribution in [1.82, 2.24) is 0 Å². The second kappa shape index (κ2) is 17.4. The Morgan fingerprint density at radius 1 is 0.429 bits per heavy atom. The average Bonchev–Trinajstić information content (AvgIpc) is 2.30. The predicted octanol–water partition coefficient (Wildman–Crippen LogP) is 3.89. The van der Waals surface area contributed by atoms with E-state index in [1.165, 1.54) is 0 Å². The maximum Gasteiger partial charge on any atom is 0.0443 e. The van der Waals surface area contributed by atoms with Crippen molar-refractivity contribution in [1.29, 1.82) is 0 Å². The average molecular weight is 328 g/mol. The minimum Gasteiger partial charge on any atom is -0.289 e. The van der Waals surface area contributed by atoms with Crippen LogP contribution in [0, 0.1) is 0 Å². The first kappa shape index (κ1) is 25.4. The Kier molecular flexibility index (Phi) is 21.1. The second-order valence-corrected chi connectivity index (χ2v) is 5.57. The van der Waals surface area contributed by atoms with Gasteiger partial charge in [-0.25, -0.2) is 0 Å². The summed E-state index contributed by atoms with van der Waals surface area (Å²) in [5.74, 6) is 0. The molecule has 4 nitrogen and oxygen atoms in total. The Morgan fingerprint density at radius 3 is 0.667 bits per heavy atom. The smallest absolute Gasteiger partial charge is 0.0443 e. The van der Waals surface area contributed by atoms with Gasteiger partial charge in [0.25, 0.3) is 0 Å². The van der Waals surface area contributed by atoms with E-state index < -0.39 is 0 Å². The Morgan fingerprint density at radius 2 is 0.571 bits per heavy atom. The van der Waals surface area contributed by atoms with Crippen LogP contribution in [0.3, 0.4) is 0 Å². The van der Waals surface area contributed by atoms with Crippen molar-refractivity contribution in [2.45, 2.75) is 79.6 Å². The van der Waals surface area contributed by atoms with E-state index in [0.29, 0.717) is 24.2 Å². The molecule has 0 aliphatic rings. The first-order chi connectivity index (χ1) is 9.25. The van der Waals surface area contributed by atoms with Crippen LogP contribution in [0.4, 0.5) is 0 Å². The molecule has 0 amide bonds. The minimum atomic E-state index is 0. The van der Waals surface area contributed by atoms with E-state index in [4.69, 9.17) is 0 Å². The van der Waals surface area contributed by atoms with Gasteiger partial charge in [0, 0.05) is 70.7 Å². The summed E-state index contributed by atoms with van der Waals surface area (Å²) in [4.78, 5) is 16.5. The summed E-state index contributed by atoms with van der Waals surface area (Å²) in [7, 11) is 0. The monoisotopic (exact) mass is 328 g/mol. The molecule has 0 fully saturated rings. The largest absolute Gasteiger partial charge is 0.289 e. The van der Waals surface area contributed by atoms with E-state index in [9.17, 15) is 0 Å². The fourth-order valence-electron chi connectivity index (χ4n) is 0.842. The quantitative estimate of drug-likeness (QED) is 0.525. The molecule has 0 aromatic carbocycles. The fraction of sp³-hybridized carbons (Fsp3) is 0.750. The molecule has 0 saturated carbocycles. The Hall–Kier alpha value is -0.606. The first-order valence-electron chi connectivity index (χ1n) is 7.35. The van der Waals surface area contributed by atoms with Gasteiger partial charge in [-0.1, -0.05) is 0 Å². The summed E-state index contributed by atoms with van der Waals surface area (Å²) in [5.41, 5.74) is 0. The van der Waals surface area contributed by atoms with Crippen LogP contribution in [0.15, 0.2) is 20.0 Å². The second-order valence-electron chi connectivity index (χ2n) is 5.57. The van der Waals surface area contributed by atoms with E-state index in [0.717, 1.165) is 0 Å². The standard InChI is InChI=1S/2C8H16N2.Ti/c2*1-7(2)9-5-6-10-8(3)4;/h2*5-8H,1-4H3;. The van der Waals surface area contributed by atoms with Gasteiger partial charge in [-0.15, -0.1) is 0 Å². The van der Waals surface area contributed by atoms with E-state index >= 15 is 0 Å². The van der Waals surface area contributed by atoms with Gasteiger partial charge < -0.3 is 0 Å². The van der Waals surface area contributed by atoms with Crippen molar-refractivity contribution >= 4 is 24.9 Å². The van der Waals surface area contributed by atoms with Gasteiger partial charge in [0.15, 0.2) is 0 Å². The third-order valence-electron chi connectivity index (χ3n) is 1.67. The molecule has 0 bridgehead atoms. The minimum absolute atomic E-state index is 0. The maximum absolute atomic E-state index is 4.12. The maximum atomic E-state index is 4.12. The summed E-state index contributed by atoms with van der Waals surface area (Å²) < 4.78 is 0. The molecule has 0 spiro atoms. The third-order valence-corrected chi connectivity index (χ3v) is 1.67. The molecule has 0 heterocycles. The van der Waals surface area contributed by atoms with E-state index in [2.05, 4.69) is 20.0 Å². The predicted molar refractivity (Wildman–Crippen MR) is 94.5 cm³/mol. The van der Waals surface area contributed by atoms with Crippen molar-refractivity contribution in [3.05, 3.63) is 0 Å². The number of hydrogen-bond acceptors (Lipinski definition) is 4. The van der Waals surface area contributed by atoms with Crippen LogP contribution in [-0.4, -0.2) is 49.0 Å². The van der Waals surface area contributed by atoms with Gasteiger partial charge in [0.1, 0.15) is 0 Å². The zero-order valence-electron chi connectivity index (χ0n) is 14.9. The van der Waals surface area contributed by atoms with Crippen molar-refractivity contribution in [2.75, 3.05) is 0 Å². The summed E-state index contributed by atoms with van der Waals surface area (Å²) in [6.07, 6.45) is 7.02. The summed E-state index contributed by atoms with van der Waals surface area (Å²) in [5, 5.41) is 0. The summed E-state index contributed by atoms with van der Waals surface area (Å²) >= 11 is 0. The fourth-order valence-corrected chi connectivity index (χ4v) is 0.842. The Bertz CT molecular complexity index is 252. The number of rotatable bonds is 6. The van der Waals surface area contributed by atoms with Crippen LogP contribution in [0.5, 0.6) is 0 Å². The van der Waals surface area contributed by atoms with Crippen molar-refractivity contribution < 1.29 is 21.7 Å². The number of hydrogen-bond donors (Lipinski definition) is 0. The van der Waals surface area contributed by atoms with Crippen molar-refractivity contribution in [3.63, 3.8) is 0 Å². The molecule has 0 radical (unpaired) electrons. The summed E-state index contributed by atoms with van der Waals surface area (Å²) in [6, 6.07) is 1.49. The molecule has 0 saturated heterocycles. The molecule has 21 heavy (non-hydrogen) atoms. The normalized spacial score (nSPS) is 12.4. The zero-order valence-corrected chi connectivity index (χ0v) is 16.5. The van der Waals surface area contributed by atoms with Crippen LogP contribution in [-0.2, 0) is 21.7 Å². The van der Waals surface area contributed by atoms with Gasteiger partial charge in [0.05, 0.1) is 0 Å². The van der Waals surface area contributed by atoms with E-state index in [1.54, 1.807) is 24.9 Å². The molecule has 5 heteroatoms. The van der Waals surface area contributed by atoms with Crippen molar-refractivity contribution in [2.24, 2.45) is 20.0 Å². The van der Waals surface area contributed by atoms with Crippen LogP contribution < -0.4 is 0 Å². The SMILES string of the molecule is CC(C)N=CC=NC(C)C.CC(C)N=CC=NC(C)C.[Ti]. The van der Waals surface area contributed by atoms with Crippen LogP contribution in [0.1, 0.15) is 55.4 Å². The topological polar surface area (TPSA) is 49.4 Å². The molecule has 0 atom stereocenters. The molecule has 0 aromatic heterocycles. The molecule has 0 aliphatic heterocycles. The van der Waals surface area contributed by atoms with E-state index in [-0.39, 0.29) is 21.7 Å². The van der Waals surface area contributed by atoms with Gasteiger partial charge >= 0.3 is 0 Å². The molecular weight excluding hydrogens is 296 g/mol. The van der Waals surface area contributed by atoms with Crippen LogP contribution in [0.25, 0.3) is 0 Å². The number of nitrogens with zero attached hydrogens (tertiary/aromatic N) is 4. The Labute approximate surface area is 146 Å². The van der Waals surface area contributed by atoms with Gasteiger partial charge in [0.2, 0.25) is 0 Å². The molecule has 120 valence electrons. The van der Waals surface area contributed by atoms with Crippen LogP contribution >= 0.6 is 0 Å². The Balaban J connectivity index is -0.000000295. The molecular formula is C16H32N4Ti. The van der Waals surface area contributed by atoms with Crippen molar-refractivity contribution in [3.8, 4) is 0 Å². The molecule has 0 aromatic rings. The summed E-state index contributed by atoms with van der Waals surface area (Å²) in [6.45, 7) is 16.3. The molecule has 0 aliphatic carbocycles. The number of aliphatic imine (C=N–C) groups is 4. The van der Waals surface area contributed by atoms with Gasteiger partial charge in [-0.05, 0) is 55.4 Å². The van der Waals surface area contributed by atoms with Crippen LogP contribution in [0.2, 0.25) is 0 Å². The molecule has 0 unspecified atom stereocenters. The molecule has 0 rings (SSSR count).